The molecule has 2 fully saturated rings. The molecule has 1 saturated heterocycles. The van der Waals surface area contributed by atoms with E-state index in [1.165, 1.54) is 11.0 Å². The predicted octanol–water partition coefficient (Wildman–Crippen LogP) is 2.24. The number of esters is 1. The maximum atomic E-state index is 14.4. The highest BCUT2D eigenvalue weighted by molar-refractivity contribution is 6.25. The van der Waals surface area contributed by atoms with Crippen LogP contribution in [0.2, 0.25) is 0 Å². The minimum atomic E-state index is -2.96. The number of hydrogen-bond acceptors (Lipinski definition) is 12. The average Bonchev–Trinajstić information content (AvgIpc) is 3.78. The SMILES string of the molecule is CCC(=O)OC1C2C(=C(O)C3(O)C(=O)C(C(=O)NCN4CCCC4)=C(O)C(N(C)C)C13)C(=O)c1c(O)cccc1C2COC1CCCC1. The number of likely N-dealkylation sites (tertiary alicyclic amines) is 1. The molecule has 1 saturated carbocycles. The van der Waals surface area contributed by atoms with Crippen LogP contribution >= 0.6 is 0 Å². The number of phenolic OH excluding ortho intramolecular Hbond substituents is 1. The van der Waals surface area contributed by atoms with E-state index in [9.17, 15) is 39.6 Å². The van der Waals surface area contributed by atoms with Gasteiger partial charge in [0.15, 0.2) is 11.4 Å². The summed E-state index contributed by atoms with van der Waals surface area (Å²) in [4.78, 5) is 58.9. The van der Waals surface area contributed by atoms with Crippen molar-refractivity contribution in [3.8, 4) is 5.75 Å². The lowest BCUT2D eigenvalue weighted by Gasteiger charge is -2.54. The molecule has 260 valence electrons. The number of fused-ring (bicyclic) bond motifs is 3. The van der Waals surface area contributed by atoms with Crippen LogP contribution in [0.4, 0.5) is 0 Å². The minimum absolute atomic E-state index is 0.0216. The van der Waals surface area contributed by atoms with Crippen LogP contribution in [0.25, 0.3) is 0 Å². The molecule has 0 spiro atoms. The summed E-state index contributed by atoms with van der Waals surface area (Å²) >= 11 is 0. The van der Waals surface area contributed by atoms with E-state index in [1.807, 2.05) is 4.90 Å². The van der Waals surface area contributed by atoms with E-state index in [-0.39, 0.29) is 37.1 Å². The Kier molecular flexibility index (Phi) is 9.42. The maximum absolute atomic E-state index is 14.4. The van der Waals surface area contributed by atoms with Gasteiger partial charge in [0.05, 0.1) is 36.9 Å². The van der Waals surface area contributed by atoms with Gasteiger partial charge in [-0.3, -0.25) is 29.0 Å². The van der Waals surface area contributed by atoms with Crippen LogP contribution in [-0.4, -0.2) is 118 Å². The summed E-state index contributed by atoms with van der Waals surface area (Å²) in [5.41, 5.74) is -3.83. The Labute approximate surface area is 279 Å². The lowest BCUT2D eigenvalue weighted by molar-refractivity contribution is -0.182. The Balaban J connectivity index is 1.53. The monoisotopic (exact) mass is 667 g/mol. The van der Waals surface area contributed by atoms with Crippen molar-refractivity contribution in [3.05, 3.63) is 52.0 Å². The third kappa shape index (κ3) is 5.50. The number of aliphatic hydroxyl groups is 3. The molecular formula is C35H45N3O10. The molecule has 13 nitrogen and oxygen atoms in total. The van der Waals surface area contributed by atoms with Crippen molar-refractivity contribution in [1.29, 1.82) is 0 Å². The summed E-state index contributed by atoms with van der Waals surface area (Å²) in [6.45, 7) is 3.17. The summed E-state index contributed by atoms with van der Waals surface area (Å²) in [6.07, 6.45) is 3.99. The quantitative estimate of drug-likeness (QED) is 0.191. The first-order chi connectivity index (χ1) is 22.9. The van der Waals surface area contributed by atoms with Crippen LogP contribution in [0.3, 0.4) is 0 Å². The number of ether oxygens (including phenoxy) is 2. The summed E-state index contributed by atoms with van der Waals surface area (Å²) in [5.74, 6) is -9.27. The number of nitrogens with one attached hydrogen (secondary N) is 1. The van der Waals surface area contributed by atoms with Crippen molar-refractivity contribution in [2.75, 3.05) is 40.5 Å². The van der Waals surface area contributed by atoms with Gasteiger partial charge in [0, 0.05) is 23.8 Å². The van der Waals surface area contributed by atoms with Gasteiger partial charge < -0.3 is 35.2 Å². The third-order valence-electron chi connectivity index (χ3n) is 10.8. The van der Waals surface area contributed by atoms with Crippen molar-refractivity contribution in [2.24, 2.45) is 11.8 Å². The molecule has 48 heavy (non-hydrogen) atoms. The third-order valence-corrected chi connectivity index (χ3v) is 10.8. The predicted molar refractivity (Wildman–Crippen MR) is 171 cm³/mol. The second-order valence-corrected chi connectivity index (χ2v) is 13.8. The number of aliphatic hydroxyl groups excluding tert-OH is 2. The van der Waals surface area contributed by atoms with Crippen LogP contribution in [0.15, 0.2) is 40.9 Å². The molecule has 13 heteroatoms. The number of rotatable bonds is 9. The first-order valence-corrected chi connectivity index (χ1v) is 16.9. The number of aromatic hydroxyl groups is 1. The Hall–Kier alpha value is -3.78. The van der Waals surface area contributed by atoms with Crippen molar-refractivity contribution in [2.45, 2.75) is 81.6 Å². The number of Topliss-reactive ketones (excluding diaryl/α,β-unsaturated/α-hetero) is 2. The number of carbonyl (C=O) groups is 4. The van der Waals surface area contributed by atoms with E-state index < -0.39 is 81.6 Å². The summed E-state index contributed by atoms with van der Waals surface area (Å²) in [5, 5.41) is 49.9. The fourth-order valence-electron chi connectivity index (χ4n) is 8.44. The van der Waals surface area contributed by atoms with Crippen LogP contribution < -0.4 is 5.32 Å². The van der Waals surface area contributed by atoms with Gasteiger partial charge in [-0.2, -0.15) is 0 Å². The smallest absolute Gasteiger partial charge is 0.305 e. The molecule has 1 heterocycles. The normalized spacial score (nSPS) is 30.8. The molecule has 1 aliphatic heterocycles. The number of likely N-dealkylation sites (N-methyl/N-ethyl adjacent to an activating group) is 1. The molecule has 6 rings (SSSR count). The number of carbonyl (C=O) groups excluding carboxylic acids is 4. The van der Waals surface area contributed by atoms with Crippen molar-refractivity contribution in [3.63, 3.8) is 0 Å². The van der Waals surface area contributed by atoms with Gasteiger partial charge in [-0.05, 0) is 64.5 Å². The first-order valence-electron chi connectivity index (χ1n) is 16.9. The lowest BCUT2D eigenvalue weighted by Crippen LogP contribution is -2.69. The number of hydrogen-bond donors (Lipinski definition) is 5. The lowest BCUT2D eigenvalue weighted by atomic mass is 9.55. The summed E-state index contributed by atoms with van der Waals surface area (Å²) in [7, 11) is 3.12. The van der Waals surface area contributed by atoms with Crippen LogP contribution in [0.5, 0.6) is 5.75 Å². The Morgan fingerprint density at radius 3 is 2.40 bits per heavy atom. The molecule has 1 aromatic carbocycles. The van der Waals surface area contributed by atoms with Crippen LogP contribution in [-0.2, 0) is 23.9 Å². The topological polar surface area (TPSA) is 186 Å². The maximum Gasteiger partial charge on any atom is 0.305 e. The molecule has 5 N–H and O–H groups in total. The van der Waals surface area contributed by atoms with E-state index in [4.69, 9.17) is 9.47 Å². The molecule has 5 aliphatic rings. The van der Waals surface area contributed by atoms with E-state index in [1.54, 1.807) is 33.2 Å². The molecule has 4 aliphatic carbocycles. The second-order valence-electron chi connectivity index (χ2n) is 13.8. The number of nitrogens with zero attached hydrogens (tertiary/aromatic N) is 2. The number of phenols is 1. The molecule has 1 aromatic rings. The fourth-order valence-corrected chi connectivity index (χ4v) is 8.44. The fraction of sp³-hybridized carbons (Fsp3) is 0.600. The van der Waals surface area contributed by atoms with Gasteiger partial charge in [0.2, 0.25) is 5.78 Å². The molecular weight excluding hydrogens is 622 g/mol. The highest BCUT2D eigenvalue weighted by Gasteiger charge is 2.69. The van der Waals surface area contributed by atoms with E-state index in [0.29, 0.717) is 5.56 Å². The molecule has 1 amide bonds. The van der Waals surface area contributed by atoms with Crippen molar-refractivity contribution < 1.29 is 49.1 Å². The van der Waals surface area contributed by atoms with Gasteiger partial charge in [-0.15, -0.1) is 0 Å². The van der Waals surface area contributed by atoms with Crippen LogP contribution in [0, 0.1) is 11.8 Å². The largest absolute Gasteiger partial charge is 0.510 e. The Morgan fingerprint density at radius 2 is 1.75 bits per heavy atom. The van der Waals surface area contributed by atoms with Crippen LogP contribution in [0.1, 0.15) is 73.7 Å². The van der Waals surface area contributed by atoms with E-state index >= 15 is 0 Å². The van der Waals surface area contributed by atoms with Gasteiger partial charge in [-0.1, -0.05) is 31.9 Å². The van der Waals surface area contributed by atoms with Gasteiger partial charge in [0.1, 0.15) is 28.9 Å². The van der Waals surface area contributed by atoms with E-state index in [0.717, 1.165) is 51.6 Å². The highest BCUT2D eigenvalue weighted by Crippen LogP contribution is 2.56. The first kappa shape index (κ1) is 34.1. The Morgan fingerprint density at radius 1 is 1.06 bits per heavy atom. The van der Waals surface area contributed by atoms with Gasteiger partial charge >= 0.3 is 5.97 Å². The molecule has 0 bridgehead atoms. The average molecular weight is 668 g/mol. The zero-order valence-electron chi connectivity index (χ0n) is 27.6. The Bertz CT molecular complexity index is 1560. The standard InChI is InChI=1S/C35H45N3O10/c1-4-22(40)48-31-24-20(16-47-18-10-5-6-11-18)19-12-9-13-21(39)23(19)29(41)25(24)32(43)35(46)27(31)28(37(2)3)30(42)26(33(35)44)34(45)36-17-38-14-7-8-15-38/h9,12-13,18,20,24,27-28,31,39,42-43,46H,4-8,10-11,14-17H2,1-3H3,(H,36,45). The molecule has 0 aromatic heterocycles. The summed E-state index contributed by atoms with van der Waals surface area (Å²) in [6, 6.07) is 3.27. The van der Waals surface area contributed by atoms with E-state index in [2.05, 4.69) is 5.32 Å². The zero-order chi connectivity index (χ0) is 34.5. The highest BCUT2D eigenvalue weighted by atomic mass is 16.5. The second kappa shape index (κ2) is 13.3. The minimum Gasteiger partial charge on any atom is -0.510 e. The van der Waals surface area contributed by atoms with Gasteiger partial charge in [-0.25, -0.2) is 0 Å². The molecule has 0 radical (unpaired) electrons. The zero-order valence-corrected chi connectivity index (χ0v) is 27.6. The molecule has 6 unspecified atom stereocenters. The van der Waals surface area contributed by atoms with Crippen molar-refractivity contribution >= 4 is 23.4 Å². The van der Waals surface area contributed by atoms with Crippen molar-refractivity contribution in [1.82, 2.24) is 15.1 Å². The molecule has 6 atom stereocenters. The number of amides is 1. The number of ketones is 2. The summed E-state index contributed by atoms with van der Waals surface area (Å²) < 4.78 is 12.4. The van der Waals surface area contributed by atoms with Gasteiger partial charge in [0.25, 0.3) is 5.91 Å². The number of benzene rings is 1.